The van der Waals surface area contributed by atoms with E-state index < -0.39 is 0 Å². The monoisotopic (exact) mass is 140 g/mol. The highest BCUT2D eigenvalue weighted by molar-refractivity contribution is 5.92. The summed E-state index contributed by atoms with van der Waals surface area (Å²) >= 11 is 0. The highest BCUT2D eigenvalue weighted by Crippen LogP contribution is 2.20. The van der Waals surface area contributed by atoms with E-state index in [-0.39, 0.29) is 23.8 Å². The van der Waals surface area contributed by atoms with Gasteiger partial charge in [-0.15, -0.1) is 0 Å². The lowest BCUT2D eigenvalue weighted by molar-refractivity contribution is -0.125. The normalized spacial score (nSPS) is 37.2. The molecule has 0 bridgehead atoms. The van der Waals surface area contributed by atoms with Crippen molar-refractivity contribution in [3.63, 3.8) is 0 Å². The largest absolute Gasteiger partial charge is 0.354 e. The minimum Gasteiger partial charge on any atom is -0.354 e. The second-order valence-corrected chi connectivity index (χ2v) is 2.73. The molecule has 0 spiro atoms. The first-order valence-electron chi connectivity index (χ1n) is 3.34. The van der Waals surface area contributed by atoms with E-state index >= 15 is 0 Å². The third-order valence-electron chi connectivity index (χ3n) is 2.07. The molecule has 0 aromatic heterocycles. The Labute approximate surface area is 58.0 Å². The van der Waals surface area contributed by atoms with E-state index in [2.05, 4.69) is 10.6 Å². The molecule has 2 heterocycles. The third-order valence-corrected chi connectivity index (χ3v) is 2.07. The number of rotatable bonds is 0. The number of hydrogen-bond donors (Lipinski definition) is 2. The molecule has 2 unspecified atom stereocenters. The fraction of sp³-hybridized carbons (Fsp3) is 0.667. The van der Waals surface area contributed by atoms with E-state index in [1.165, 1.54) is 0 Å². The Bertz CT molecular complexity index is 202. The Hall–Kier alpha value is -1.06. The van der Waals surface area contributed by atoms with Gasteiger partial charge in [-0.1, -0.05) is 0 Å². The van der Waals surface area contributed by atoms with Crippen molar-refractivity contribution < 1.29 is 9.59 Å². The van der Waals surface area contributed by atoms with Gasteiger partial charge in [0.1, 0.15) is 0 Å². The number of amides is 2. The van der Waals surface area contributed by atoms with Gasteiger partial charge in [0, 0.05) is 13.0 Å². The zero-order valence-electron chi connectivity index (χ0n) is 5.39. The average Bonchev–Trinajstić information content (AvgIpc) is 2.35. The Morgan fingerprint density at radius 3 is 2.90 bits per heavy atom. The van der Waals surface area contributed by atoms with Crippen LogP contribution >= 0.6 is 0 Å². The van der Waals surface area contributed by atoms with E-state index in [1.54, 1.807) is 0 Å². The van der Waals surface area contributed by atoms with Crippen LogP contribution in [0.2, 0.25) is 0 Å². The number of carbonyl (C=O) groups is 2. The van der Waals surface area contributed by atoms with Gasteiger partial charge < -0.3 is 10.6 Å². The average molecular weight is 140 g/mol. The van der Waals surface area contributed by atoms with Crippen LogP contribution in [0.5, 0.6) is 0 Å². The summed E-state index contributed by atoms with van der Waals surface area (Å²) in [6.45, 7) is 0.606. The van der Waals surface area contributed by atoms with Crippen molar-refractivity contribution in [1.82, 2.24) is 10.6 Å². The van der Waals surface area contributed by atoms with Gasteiger partial charge in [0.15, 0.2) is 0 Å². The SMILES string of the molecule is O=C1CC2C(=O)NCC2N1. The van der Waals surface area contributed by atoms with Crippen molar-refractivity contribution >= 4 is 11.8 Å². The molecule has 2 aliphatic heterocycles. The summed E-state index contributed by atoms with van der Waals surface area (Å²) < 4.78 is 0. The summed E-state index contributed by atoms with van der Waals surface area (Å²) in [5.41, 5.74) is 0. The van der Waals surface area contributed by atoms with Crippen molar-refractivity contribution in [2.75, 3.05) is 6.54 Å². The van der Waals surface area contributed by atoms with Crippen LogP contribution in [0.4, 0.5) is 0 Å². The van der Waals surface area contributed by atoms with Crippen molar-refractivity contribution in [2.24, 2.45) is 5.92 Å². The van der Waals surface area contributed by atoms with E-state index in [1.807, 2.05) is 0 Å². The summed E-state index contributed by atoms with van der Waals surface area (Å²) in [4.78, 5) is 21.6. The van der Waals surface area contributed by atoms with E-state index in [0.717, 1.165) is 0 Å². The summed E-state index contributed by atoms with van der Waals surface area (Å²) in [7, 11) is 0. The summed E-state index contributed by atoms with van der Waals surface area (Å²) in [6, 6.07) is 0.0694. The lowest BCUT2D eigenvalue weighted by Gasteiger charge is -2.01. The predicted molar refractivity (Wildman–Crippen MR) is 33.0 cm³/mol. The quantitative estimate of drug-likeness (QED) is 0.435. The fourth-order valence-electron chi connectivity index (χ4n) is 1.52. The second-order valence-electron chi connectivity index (χ2n) is 2.73. The molecular formula is C6H8N2O2. The summed E-state index contributed by atoms with van der Waals surface area (Å²) in [5, 5.41) is 5.41. The minimum absolute atomic E-state index is 0.00449. The molecule has 2 fully saturated rings. The van der Waals surface area contributed by atoms with Crippen LogP contribution in [-0.2, 0) is 9.59 Å². The number of hydrogen-bond acceptors (Lipinski definition) is 2. The maximum atomic E-state index is 10.9. The molecule has 4 nitrogen and oxygen atoms in total. The molecular weight excluding hydrogens is 132 g/mol. The Balaban J connectivity index is 2.19. The smallest absolute Gasteiger partial charge is 0.225 e. The van der Waals surface area contributed by atoms with E-state index in [4.69, 9.17) is 0 Å². The molecule has 2 aliphatic rings. The fourth-order valence-corrected chi connectivity index (χ4v) is 1.52. The predicted octanol–water partition coefficient (Wildman–Crippen LogP) is -1.38. The molecule has 2 rings (SSSR count). The molecule has 0 radical (unpaired) electrons. The van der Waals surface area contributed by atoms with Gasteiger partial charge >= 0.3 is 0 Å². The van der Waals surface area contributed by atoms with Gasteiger partial charge in [-0.3, -0.25) is 9.59 Å². The van der Waals surface area contributed by atoms with Crippen LogP contribution in [0.15, 0.2) is 0 Å². The van der Waals surface area contributed by atoms with Gasteiger partial charge in [-0.2, -0.15) is 0 Å². The molecule has 2 saturated heterocycles. The third kappa shape index (κ3) is 0.616. The molecule has 0 saturated carbocycles. The van der Waals surface area contributed by atoms with Crippen LogP contribution in [0, 0.1) is 5.92 Å². The lowest BCUT2D eigenvalue weighted by Crippen LogP contribution is -2.30. The maximum Gasteiger partial charge on any atom is 0.225 e. The van der Waals surface area contributed by atoms with Gasteiger partial charge in [0.05, 0.1) is 12.0 Å². The molecule has 10 heavy (non-hydrogen) atoms. The van der Waals surface area contributed by atoms with E-state index in [0.29, 0.717) is 13.0 Å². The van der Waals surface area contributed by atoms with Gasteiger partial charge in [-0.05, 0) is 0 Å². The minimum atomic E-state index is -0.0903. The van der Waals surface area contributed by atoms with Gasteiger partial charge in [-0.25, -0.2) is 0 Å². The highest BCUT2D eigenvalue weighted by atomic mass is 16.2. The van der Waals surface area contributed by atoms with Gasteiger partial charge in [0.2, 0.25) is 11.8 Å². The van der Waals surface area contributed by atoms with Crippen molar-refractivity contribution in [1.29, 1.82) is 0 Å². The molecule has 2 atom stereocenters. The van der Waals surface area contributed by atoms with E-state index in [9.17, 15) is 9.59 Å². The Morgan fingerprint density at radius 1 is 1.40 bits per heavy atom. The van der Waals surface area contributed by atoms with Gasteiger partial charge in [0.25, 0.3) is 0 Å². The molecule has 2 amide bonds. The summed E-state index contributed by atoms with van der Waals surface area (Å²) in [5.74, 6) is -0.0688. The van der Waals surface area contributed by atoms with Crippen LogP contribution < -0.4 is 10.6 Å². The summed E-state index contributed by atoms with van der Waals surface area (Å²) in [6.07, 6.45) is 0.372. The first-order valence-corrected chi connectivity index (χ1v) is 3.34. The van der Waals surface area contributed by atoms with Crippen LogP contribution in [-0.4, -0.2) is 24.4 Å². The molecule has 0 aromatic carbocycles. The number of carbonyl (C=O) groups excluding carboxylic acids is 2. The first-order chi connectivity index (χ1) is 4.77. The second kappa shape index (κ2) is 1.71. The molecule has 0 aromatic rings. The lowest BCUT2D eigenvalue weighted by atomic mass is 10.0. The highest BCUT2D eigenvalue weighted by Gasteiger charge is 2.41. The van der Waals surface area contributed by atoms with Crippen LogP contribution in [0.3, 0.4) is 0 Å². The Morgan fingerprint density at radius 2 is 2.20 bits per heavy atom. The number of nitrogens with one attached hydrogen (secondary N) is 2. The maximum absolute atomic E-state index is 10.9. The van der Waals surface area contributed by atoms with Crippen molar-refractivity contribution in [3.05, 3.63) is 0 Å². The Kier molecular flexibility index (Phi) is 0.977. The van der Waals surface area contributed by atoms with Crippen molar-refractivity contribution in [3.8, 4) is 0 Å². The molecule has 54 valence electrons. The number of fused-ring (bicyclic) bond motifs is 1. The zero-order chi connectivity index (χ0) is 7.14. The van der Waals surface area contributed by atoms with Crippen LogP contribution in [0.1, 0.15) is 6.42 Å². The molecule has 2 N–H and O–H groups in total. The van der Waals surface area contributed by atoms with Crippen molar-refractivity contribution in [2.45, 2.75) is 12.5 Å². The molecule has 4 heteroatoms. The first kappa shape index (κ1) is 5.70. The molecule has 0 aliphatic carbocycles. The topological polar surface area (TPSA) is 58.2 Å². The zero-order valence-corrected chi connectivity index (χ0v) is 5.39. The van der Waals surface area contributed by atoms with Crippen LogP contribution in [0.25, 0.3) is 0 Å². The standard InChI is InChI=1S/C6H8N2O2/c9-5-1-3-4(8-5)2-7-6(3)10/h3-4H,1-2H2,(H,7,10)(H,8,9).